The first-order valence-corrected chi connectivity index (χ1v) is 6.15. The SMILES string of the molecule is C=Cc1oc2ccccc2c(=O)c1-c1cccc(F)c1. The molecule has 0 unspecified atom stereocenters. The van der Waals surface area contributed by atoms with Crippen LogP contribution in [0.15, 0.2) is 64.3 Å². The van der Waals surface area contributed by atoms with E-state index in [9.17, 15) is 9.18 Å². The van der Waals surface area contributed by atoms with Crippen LogP contribution in [0.25, 0.3) is 28.2 Å². The van der Waals surface area contributed by atoms with E-state index in [4.69, 9.17) is 4.42 Å². The first-order valence-electron chi connectivity index (χ1n) is 6.15. The smallest absolute Gasteiger partial charge is 0.201 e. The maximum atomic E-state index is 13.4. The molecule has 0 aliphatic rings. The van der Waals surface area contributed by atoms with E-state index in [0.29, 0.717) is 27.9 Å². The summed E-state index contributed by atoms with van der Waals surface area (Å²) in [6, 6.07) is 12.9. The Morgan fingerprint density at radius 1 is 1.10 bits per heavy atom. The molecule has 0 bridgehead atoms. The second-order valence-corrected chi connectivity index (χ2v) is 4.38. The van der Waals surface area contributed by atoms with Crippen LogP contribution in [0.4, 0.5) is 4.39 Å². The van der Waals surface area contributed by atoms with E-state index >= 15 is 0 Å². The largest absolute Gasteiger partial charge is 0.456 e. The molecule has 1 aromatic heterocycles. The number of benzene rings is 2. The second kappa shape index (κ2) is 4.78. The predicted molar refractivity (Wildman–Crippen MR) is 78.0 cm³/mol. The van der Waals surface area contributed by atoms with Gasteiger partial charge in [0, 0.05) is 0 Å². The van der Waals surface area contributed by atoms with E-state index in [2.05, 4.69) is 6.58 Å². The predicted octanol–water partition coefficient (Wildman–Crippen LogP) is 4.24. The molecule has 0 saturated heterocycles. The summed E-state index contributed by atoms with van der Waals surface area (Å²) in [6.07, 6.45) is 1.47. The van der Waals surface area contributed by atoms with Gasteiger partial charge in [0.05, 0.1) is 10.9 Å². The molecule has 0 aliphatic carbocycles. The van der Waals surface area contributed by atoms with Crippen molar-refractivity contribution in [1.82, 2.24) is 0 Å². The minimum Gasteiger partial charge on any atom is -0.456 e. The monoisotopic (exact) mass is 266 g/mol. The molecular weight excluding hydrogens is 255 g/mol. The van der Waals surface area contributed by atoms with Crippen LogP contribution in [-0.2, 0) is 0 Å². The van der Waals surface area contributed by atoms with Gasteiger partial charge in [-0.15, -0.1) is 0 Å². The fourth-order valence-corrected chi connectivity index (χ4v) is 2.22. The fourth-order valence-electron chi connectivity index (χ4n) is 2.22. The molecule has 3 rings (SSSR count). The van der Waals surface area contributed by atoms with Gasteiger partial charge in [-0.05, 0) is 35.9 Å². The van der Waals surface area contributed by atoms with Crippen LogP contribution >= 0.6 is 0 Å². The van der Waals surface area contributed by atoms with Crippen molar-refractivity contribution in [1.29, 1.82) is 0 Å². The number of fused-ring (bicyclic) bond motifs is 1. The average molecular weight is 266 g/mol. The summed E-state index contributed by atoms with van der Waals surface area (Å²) in [5.41, 5.74) is 1.12. The van der Waals surface area contributed by atoms with Gasteiger partial charge >= 0.3 is 0 Å². The minimum absolute atomic E-state index is 0.188. The summed E-state index contributed by atoms with van der Waals surface area (Å²) in [6.45, 7) is 3.66. The summed E-state index contributed by atoms with van der Waals surface area (Å²) < 4.78 is 19.1. The van der Waals surface area contributed by atoms with Gasteiger partial charge in [-0.2, -0.15) is 0 Å². The minimum atomic E-state index is -0.398. The van der Waals surface area contributed by atoms with E-state index in [-0.39, 0.29) is 5.43 Å². The number of para-hydroxylation sites is 1. The Labute approximate surface area is 114 Å². The van der Waals surface area contributed by atoms with Crippen LogP contribution in [0.3, 0.4) is 0 Å². The highest BCUT2D eigenvalue weighted by Gasteiger charge is 2.14. The summed E-state index contributed by atoms with van der Waals surface area (Å²) in [5, 5.41) is 0.470. The normalized spacial score (nSPS) is 10.7. The van der Waals surface area contributed by atoms with E-state index in [1.165, 1.54) is 18.2 Å². The van der Waals surface area contributed by atoms with Gasteiger partial charge in [-0.1, -0.05) is 30.8 Å². The summed E-state index contributed by atoms with van der Waals surface area (Å²) >= 11 is 0. The van der Waals surface area contributed by atoms with Crippen molar-refractivity contribution in [3.05, 3.63) is 76.9 Å². The van der Waals surface area contributed by atoms with Crippen LogP contribution in [0.5, 0.6) is 0 Å². The number of halogens is 1. The molecule has 0 fully saturated rings. The molecule has 2 aromatic carbocycles. The van der Waals surface area contributed by atoms with Crippen LogP contribution in [0.1, 0.15) is 5.76 Å². The van der Waals surface area contributed by atoms with Crippen LogP contribution < -0.4 is 5.43 Å². The molecule has 0 N–H and O–H groups in total. The van der Waals surface area contributed by atoms with Gasteiger partial charge in [-0.3, -0.25) is 4.79 Å². The third-order valence-corrected chi connectivity index (χ3v) is 3.12. The molecule has 20 heavy (non-hydrogen) atoms. The van der Waals surface area contributed by atoms with Crippen LogP contribution in [0, 0.1) is 5.82 Å². The summed E-state index contributed by atoms with van der Waals surface area (Å²) in [5.74, 6) is -0.0515. The molecule has 98 valence electrons. The first kappa shape index (κ1) is 12.4. The van der Waals surface area contributed by atoms with Crippen molar-refractivity contribution >= 4 is 17.0 Å². The lowest BCUT2D eigenvalue weighted by atomic mass is 10.0. The number of hydrogen-bond donors (Lipinski definition) is 0. The molecular formula is C17H11FO2. The van der Waals surface area contributed by atoms with Crippen molar-refractivity contribution in [2.24, 2.45) is 0 Å². The highest BCUT2D eigenvalue weighted by molar-refractivity contribution is 5.85. The van der Waals surface area contributed by atoms with Gasteiger partial charge in [0.1, 0.15) is 17.2 Å². The maximum Gasteiger partial charge on any atom is 0.201 e. The van der Waals surface area contributed by atoms with Crippen LogP contribution in [0.2, 0.25) is 0 Å². The quantitative estimate of drug-likeness (QED) is 0.694. The van der Waals surface area contributed by atoms with Crippen molar-refractivity contribution in [3.63, 3.8) is 0 Å². The molecule has 0 amide bonds. The van der Waals surface area contributed by atoms with E-state index in [1.807, 2.05) is 0 Å². The maximum absolute atomic E-state index is 13.4. The third-order valence-electron chi connectivity index (χ3n) is 3.12. The lowest BCUT2D eigenvalue weighted by molar-refractivity contribution is 0.593. The molecule has 0 atom stereocenters. The zero-order chi connectivity index (χ0) is 14.1. The van der Waals surface area contributed by atoms with Gasteiger partial charge in [0.2, 0.25) is 5.43 Å². The molecule has 0 aliphatic heterocycles. The zero-order valence-electron chi connectivity index (χ0n) is 10.6. The number of hydrogen-bond acceptors (Lipinski definition) is 2. The highest BCUT2D eigenvalue weighted by Crippen LogP contribution is 2.25. The lowest BCUT2D eigenvalue weighted by Crippen LogP contribution is -2.07. The Balaban J connectivity index is 2.43. The highest BCUT2D eigenvalue weighted by atomic mass is 19.1. The molecule has 3 aromatic rings. The second-order valence-electron chi connectivity index (χ2n) is 4.38. The Hall–Kier alpha value is -2.68. The standard InChI is InChI=1S/C17H11FO2/c1-2-14-16(11-6-5-7-12(18)10-11)17(19)13-8-3-4-9-15(13)20-14/h2-10H,1H2. The lowest BCUT2D eigenvalue weighted by Gasteiger charge is -2.07. The van der Waals surface area contributed by atoms with Crippen molar-refractivity contribution in [2.45, 2.75) is 0 Å². The van der Waals surface area contributed by atoms with Crippen molar-refractivity contribution in [3.8, 4) is 11.1 Å². The first-order chi connectivity index (χ1) is 9.70. The summed E-state index contributed by atoms with van der Waals surface area (Å²) in [4.78, 5) is 12.6. The topological polar surface area (TPSA) is 30.2 Å². The van der Waals surface area contributed by atoms with Gasteiger partial charge in [-0.25, -0.2) is 4.39 Å². The molecule has 0 spiro atoms. The van der Waals surface area contributed by atoms with Gasteiger partial charge in [0.15, 0.2) is 0 Å². The molecule has 3 heteroatoms. The Kier molecular flexibility index (Phi) is 2.95. The summed E-state index contributed by atoms with van der Waals surface area (Å²) in [7, 11) is 0. The zero-order valence-corrected chi connectivity index (χ0v) is 10.6. The molecule has 2 nitrogen and oxygen atoms in total. The Morgan fingerprint density at radius 3 is 2.65 bits per heavy atom. The molecule has 0 radical (unpaired) electrons. The van der Waals surface area contributed by atoms with E-state index < -0.39 is 5.82 Å². The fraction of sp³-hybridized carbons (Fsp3) is 0. The van der Waals surface area contributed by atoms with Crippen LogP contribution in [-0.4, -0.2) is 0 Å². The van der Waals surface area contributed by atoms with Gasteiger partial charge < -0.3 is 4.42 Å². The Morgan fingerprint density at radius 2 is 1.90 bits per heavy atom. The van der Waals surface area contributed by atoms with Gasteiger partial charge in [0.25, 0.3) is 0 Å². The van der Waals surface area contributed by atoms with Crippen molar-refractivity contribution < 1.29 is 8.81 Å². The van der Waals surface area contributed by atoms with Crippen molar-refractivity contribution in [2.75, 3.05) is 0 Å². The molecule has 1 heterocycles. The third kappa shape index (κ3) is 1.93. The average Bonchev–Trinajstić information content (AvgIpc) is 2.47. The van der Waals surface area contributed by atoms with E-state index in [1.54, 1.807) is 36.4 Å². The number of rotatable bonds is 2. The molecule has 0 saturated carbocycles. The van der Waals surface area contributed by atoms with E-state index in [0.717, 1.165) is 0 Å². The Bertz CT molecular complexity index is 862.